The number of nitrogens with zero attached hydrogens (tertiary/aromatic N) is 3. The quantitative estimate of drug-likeness (QED) is 0.874. The third-order valence-corrected chi connectivity index (χ3v) is 2.80. The predicted octanol–water partition coefficient (Wildman–Crippen LogP) is 2.47. The highest BCUT2D eigenvalue weighted by molar-refractivity contribution is 5.92. The van der Waals surface area contributed by atoms with Gasteiger partial charge in [-0.05, 0) is 24.6 Å². The lowest BCUT2D eigenvalue weighted by Gasteiger charge is -2.17. The normalized spacial score (nSPS) is 10.5. The van der Waals surface area contributed by atoms with Crippen molar-refractivity contribution in [1.82, 2.24) is 14.9 Å². The number of rotatable bonds is 3. The maximum Gasteiger partial charge on any atom is 0.277 e. The molecule has 2 rings (SSSR count). The Bertz CT molecular complexity index is 691. The zero-order valence-electron chi connectivity index (χ0n) is 11.4. The Balaban J connectivity index is 2.19. The van der Waals surface area contributed by atoms with Gasteiger partial charge < -0.3 is 4.90 Å². The van der Waals surface area contributed by atoms with E-state index in [1.54, 1.807) is 6.92 Å². The van der Waals surface area contributed by atoms with Gasteiger partial charge in [-0.1, -0.05) is 6.07 Å². The van der Waals surface area contributed by atoms with Crippen molar-refractivity contribution in [1.29, 1.82) is 0 Å². The SMILES string of the molecule is Cc1cnc(F)c(C(=O)N(C)Cc2ccc(F)c(F)c2)n1. The molecule has 1 amide bonds. The lowest BCUT2D eigenvalue weighted by atomic mass is 10.2. The molecule has 1 aromatic heterocycles. The summed E-state index contributed by atoms with van der Waals surface area (Å²) in [5.41, 5.74) is 0.381. The van der Waals surface area contributed by atoms with Crippen molar-refractivity contribution >= 4 is 5.91 Å². The highest BCUT2D eigenvalue weighted by Gasteiger charge is 2.19. The van der Waals surface area contributed by atoms with Crippen LogP contribution in [0.5, 0.6) is 0 Å². The van der Waals surface area contributed by atoms with Crippen molar-refractivity contribution in [2.45, 2.75) is 13.5 Å². The largest absolute Gasteiger partial charge is 0.336 e. The van der Waals surface area contributed by atoms with Gasteiger partial charge in [-0.3, -0.25) is 4.79 Å². The van der Waals surface area contributed by atoms with Crippen LogP contribution in [-0.2, 0) is 6.54 Å². The van der Waals surface area contributed by atoms with E-state index in [4.69, 9.17) is 0 Å². The van der Waals surface area contributed by atoms with Crippen molar-refractivity contribution in [2.24, 2.45) is 0 Å². The number of aryl methyl sites for hydroxylation is 1. The number of aromatic nitrogens is 2. The lowest BCUT2D eigenvalue weighted by molar-refractivity contribution is 0.0772. The fraction of sp³-hybridized carbons (Fsp3) is 0.214. The van der Waals surface area contributed by atoms with Gasteiger partial charge in [-0.15, -0.1) is 0 Å². The molecule has 0 bridgehead atoms. The number of benzene rings is 1. The average molecular weight is 295 g/mol. The van der Waals surface area contributed by atoms with E-state index in [-0.39, 0.29) is 6.54 Å². The highest BCUT2D eigenvalue weighted by atomic mass is 19.2. The molecule has 0 fully saturated rings. The number of carbonyl (C=O) groups is 1. The zero-order chi connectivity index (χ0) is 15.6. The minimum Gasteiger partial charge on any atom is -0.336 e. The maximum absolute atomic E-state index is 13.5. The molecule has 0 spiro atoms. The van der Waals surface area contributed by atoms with Crippen LogP contribution in [0.2, 0.25) is 0 Å². The maximum atomic E-state index is 13.5. The van der Waals surface area contributed by atoms with E-state index < -0.39 is 29.2 Å². The summed E-state index contributed by atoms with van der Waals surface area (Å²) in [6.07, 6.45) is 1.21. The van der Waals surface area contributed by atoms with E-state index in [1.165, 1.54) is 19.3 Å². The van der Waals surface area contributed by atoms with E-state index in [0.717, 1.165) is 17.0 Å². The first-order chi connectivity index (χ1) is 9.88. The van der Waals surface area contributed by atoms with Gasteiger partial charge in [-0.2, -0.15) is 4.39 Å². The molecular weight excluding hydrogens is 283 g/mol. The van der Waals surface area contributed by atoms with Crippen LogP contribution in [0.1, 0.15) is 21.7 Å². The molecule has 0 unspecified atom stereocenters. The highest BCUT2D eigenvalue weighted by Crippen LogP contribution is 2.12. The number of carbonyl (C=O) groups excluding carboxylic acids is 1. The van der Waals surface area contributed by atoms with Gasteiger partial charge in [0.25, 0.3) is 5.91 Å². The lowest BCUT2D eigenvalue weighted by Crippen LogP contribution is -2.28. The third kappa shape index (κ3) is 3.36. The van der Waals surface area contributed by atoms with Crippen molar-refractivity contribution in [3.8, 4) is 0 Å². The molecule has 7 heteroatoms. The molecule has 0 saturated heterocycles. The smallest absolute Gasteiger partial charge is 0.277 e. The minimum absolute atomic E-state index is 0.00883. The van der Waals surface area contributed by atoms with Gasteiger partial charge in [-0.25, -0.2) is 18.7 Å². The molecule has 2 aromatic rings. The van der Waals surface area contributed by atoms with Crippen LogP contribution < -0.4 is 0 Å². The summed E-state index contributed by atoms with van der Waals surface area (Å²) in [5, 5.41) is 0. The summed E-state index contributed by atoms with van der Waals surface area (Å²) >= 11 is 0. The second-order valence-corrected chi connectivity index (χ2v) is 4.56. The summed E-state index contributed by atoms with van der Waals surface area (Å²) in [6, 6.07) is 3.30. The molecule has 4 nitrogen and oxygen atoms in total. The van der Waals surface area contributed by atoms with Crippen LogP contribution in [-0.4, -0.2) is 27.8 Å². The number of hydrogen-bond acceptors (Lipinski definition) is 3. The van der Waals surface area contributed by atoms with Crippen LogP contribution in [0.4, 0.5) is 13.2 Å². The van der Waals surface area contributed by atoms with E-state index in [1.807, 2.05) is 0 Å². The van der Waals surface area contributed by atoms with Crippen LogP contribution in [0.25, 0.3) is 0 Å². The zero-order valence-corrected chi connectivity index (χ0v) is 11.4. The molecule has 1 aromatic carbocycles. The number of amides is 1. The summed E-state index contributed by atoms with van der Waals surface area (Å²) in [7, 11) is 1.41. The first-order valence-electron chi connectivity index (χ1n) is 6.07. The van der Waals surface area contributed by atoms with Crippen molar-refractivity contribution in [2.75, 3.05) is 7.05 Å². The van der Waals surface area contributed by atoms with Gasteiger partial charge in [0.15, 0.2) is 17.3 Å². The van der Waals surface area contributed by atoms with Gasteiger partial charge >= 0.3 is 0 Å². The average Bonchev–Trinajstić information content (AvgIpc) is 2.44. The van der Waals surface area contributed by atoms with Gasteiger partial charge in [0.2, 0.25) is 5.95 Å². The second kappa shape index (κ2) is 5.90. The molecule has 110 valence electrons. The molecular formula is C14H12F3N3O. The Kier molecular flexibility index (Phi) is 4.21. The Labute approximate surface area is 119 Å². The molecule has 0 atom stereocenters. The van der Waals surface area contributed by atoms with Gasteiger partial charge in [0.1, 0.15) is 0 Å². The Hall–Kier alpha value is -2.44. The van der Waals surface area contributed by atoms with Crippen molar-refractivity contribution in [3.63, 3.8) is 0 Å². The summed E-state index contributed by atoms with van der Waals surface area (Å²) < 4.78 is 39.4. The monoisotopic (exact) mass is 295 g/mol. The predicted molar refractivity (Wildman–Crippen MR) is 68.9 cm³/mol. The van der Waals surface area contributed by atoms with Crippen molar-refractivity contribution in [3.05, 3.63) is 58.9 Å². The summed E-state index contributed by atoms with van der Waals surface area (Å²) in [5.74, 6) is -3.63. The first-order valence-corrected chi connectivity index (χ1v) is 6.07. The van der Waals surface area contributed by atoms with Crippen LogP contribution >= 0.6 is 0 Å². The fourth-order valence-corrected chi connectivity index (χ4v) is 1.76. The van der Waals surface area contributed by atoms with E-state index >= 15 is 0 Å². The second-order valence-electron chi connectivity index (χ2n) is 4.56. The van der Waals surface area contributed by atoms with Crippen molar-refractivity contribution < 1.29 is 18.0 Å². The summed E-state index contributed by atoms with van der Waals surface area (Å²) in [6.45, 7) is 1.57. The molecule has 0 aliphatic carbocycles. The number of halogens is 3. The Morgan fingerprint density at radius 3 is 2.62 bits per heavy atom. The number of hydrogen-bond donors (Lipinski definition) is 0. The standard InChI is InChI=1S/C14H12F3N3O/c1-8-6-18-13(17)12(19-8)14(21)20(2)7-9-3-4-10(15)11(16)5-9/h3-6H,7H2,1-2H3. The van der Waals surface area contributed by atoms with Crippen LogP contribution in [0.15, 0.2) is 24.4 Å². The van der Waals surface area contributed by atoms with Crippen LogP contribution in [0.3, 0.4) is 0 Å². The van der Waals surface area contributed by atoms with E-state index in [9.17, 15) is 18.0 Å². The van der Waals surface area contributed by atoms with Crippen LogP contribution in [0, 0.1) is 24.5 Å². The first kappa shape index (κ1) is 15.0. The molecule has 0 N–H and O–H groups in total. The summed E-state index contributed by atoms with van der Waals surface area (Å²) in [4.78, 5) is 20.5. The van der Waals surface area contributed by atoms with Gasteiger partial charge in [0.05, 0.1) is 11.9 Å². The molecule has 0 aliphatic heterocycles. The Morgan fingerprint density at radius 2 is 1.95 bits per heavy atom. The molecule has 0 radical (unpaired) electrons. The molecule has 0 saturated carbocycles. The fourth-order valence-electron chi connectivity index (χ4n) is 1.76. The van der Waals surface area contributed by atoms with E-state index in [2.05, 4.69) is 9.97 Å². The molecule has 0 aliphatic rings. The molecule has 21 heavy (non-hydrogen) atoms. The molecule has 1 heterocycles. The third-order valence-electron chi connectivity index (χ3n) is 2.80. The van der Waals surface area contributed by atoms with E-state index in [0.29, 0.717) is 11.3 Å². The minimum atomic E-state index is -1.00. The topological polar surface area (TPSA) is 46.1 Å². The van der Waals surface area contributed by atoms with Gasteiger partial charge in [0, 0.05) is 13.6 Å². The Morgan fingerprint density at radius 1 is 1.24 bits per heavy atom.